The van der Waals surface area contributed by atoms with E-state index in [9.17, 15) is 0 Å². The first-order valence-electron chi connectivity index (χ1n) is 20.6. The summed E-state index contributed by atoms with van der Waals surface area (Å²) in [5.41, 5.74) is 15.9. The second-order valence-electron chi connectivity index (χ2n) is 15.3. The fraction of sp³-hybridized carbons (Fsp3) is 0.0179. The molecule has 0 radical (unpaired) electrons. The van der Waals surface area contributed by atoms with E-state index in [0.717, 1.165) is 84.2 Å². The van der Waals surface area contributed by atoms with Crippen LogP contribution in [-0.4, -0.2) is 9.55 Å². The van der Waals surface area contributed by atoms with Crippen LogP contribution >= 0.6 is 0 Å². The molecule has 5 nitrogen and oxygen atoms in total. The van der Waals surface area contributed by atoms with Gasteiger partial charge in [0, 0.05) is 56.1 Å². The summed E-state index contributed by atoms with van der Waals surface area (Å²) in [5, 5.41) is 2.33. The summed E-state index contributed by atoms with van der Waals surface area (Å²) in [5.74, 6) is 0.628. The van der Waals surface area contributed by atoms with E-state index in [1.54, 1.807) is 0 Å². The Hall–Kier alpha value is -8.15. The number of hydrogen-bond acceptors (Lipinski definition) is 4. The van der Waals surface area contributed by atoms with Crippen LogP contribution in [-0.2, 0) is 0 Å². The molecule has 290 valence electrons. The Morgan fingerprint density at radius 2 is 0.836 bits per heavy atom. The van der Waals surface area contributed by atoms with Crippen LogP contribution in [0.5, 0.6) is 0 Å². The third-order valence-electron chi connectivity index (χ3n) is 11.5. The van der Waals surface area contributed by atoms with Crippen LogP contribution in [0.4, 0.5) is 34.1 Å². The van der Waals surface area contributed by atoms with E-state index in [4.69, 9.17) is 9.40 Å². The van der Waals surface area contributed by atoms with Crippen LogP contribution in [0.2, 0.25) is 0 Å². The van der Waals surface area contributed by atoms with E-state index < -0.39 is 0 Å². The molecular weight excluding hydrogens is 745 g/mol. The predicted molar refractivity (Wildman–Crippen MR) is 253 cm³/mol. The first kappa shape index (κ1) is 36.0. The number of aryl methyl sites for hydroxylation is 1. The smallest absolute Gasteiger partial charge is 0.227 e. The van der Waals surface area contributed by atoms with Crippen molar-refractivity contribution in [2.75, 3.05) is 9.80 Å². The zero-order valence-corrected chi connectivity index (χ0v) is 33.6. The molecule has 5 heteroatoms. The van der Waals surface area contributed by atoms with E-state index in [1.807, 2.05) is 36.4 Å². The van der Waals surface area contributed by atoms with E-state index in [0.29, 0.717) is 5.89 Å². The second-order valence-corrected chi connectivity index (χ2v) is 15.3. The zero-order valence-electron chi connectivity index (χ0n) is 33.6. The number of oxazole rings is 1. The summed E-state index contributed by atoms with van der Waals surface area (Å²) in [6.45, 7) is 2.21. The van der Waals surface area contributed by atoms with Crippen molar-refractivity contribution in [1.82, 2.24) is 9.55 Å². The number of para-hydroxylation sites is 4. The van der Waals surface area contributed by atoms with Crippen LogP contribution in [0.15, 0.2) is 229 Å². The van der Waals surface area contributed by atoms with Crippen LogP contribution < -0.4 is 9.80 Å². The molecule has 0 unspecified atom stereocenters. The van der Waals surface area contributed by atoms with Gasteiger partial charge in [-0.2, -0.15) is 0 Å². The molecule has 11 aromatic rings. The Bertz CT molecular complexity index is 3090. The maximum atomic E-state index is 6.27. The van der Waals surface area contributed by atoms with Crippen molar-refractivity contribution >= 4 is 67.0 Å². The minimum Gasteiger partial charge on any atom is -0.436 e. The average molecular weight is 785 g/mol. The first-order chi connectivity index (χ1) is 30.2. The Morgan fingerprint density at radius 1 is 0.393 bits per heavy atom. The molecule has 61 heavy (non-hydrogen) atoms. The van der Waals surface area contributed by atoms with Gasteiger partial charge in [0.15, 0.2) is 5.58 Å². The van der Waals surface area contributed by atoms with Crippen molar-refractivity contribution in [2.45, 2.75) is 6.92 Å². The van der Waals surface area contributed by atoms with Gasteiger partial charge < -0.3 is 18.8 Å². The highest BCUT2D eigenvalue weighted by molar-refractivity contribution is 6.12. The molecule has 2 aromatic heterocycles. The summed E-state index contributed by atoms with van der Waals surface area (Å²) < 4.78 is 8.69. The van der Waals surface area contributed by atoms with Crippen LogP contribution in [0.25, 0.3) is 61.2 Å². The van der Waals surface area contributed by atoms with E-state index >= 15 is 0 Å². The number of aromatic nitrogens is 2. The van der Waals surface area contributed by atoms with Gasteiger partial charge in [-0.3, -0.25) is 0 Å². The number of rotatable bonds is 9. The number of fused-ring (bicyclic) bond motifs is 4. The normalized spacial score (nSPS) is 11.4. The maximum absolute atomic E-state index is 6.27. The molecule has 0 saturated heterocycles. The van der Waals surface area contributed by atoms with Crippen molar-refractivity contribution in [2.24, 2.45) is 0 Å². The van der Waals surface area contributed by atoms with Gasteiger partial charge in [-0.05, 0) is 145 Å². The third-order valence-corrected chi connectivity index (χ3v) is 11.5. The quantitative estimate of drug-likeness (QED) is 0.146. The Morgan fingerprint density at radius 3 is 1.31 bits per heavy atom. The lowest BCUT2D eigenvalue weighted by molar-refractivity contribution is 0.620. The standard InChI is InChI=1S/C56H40N4O/c1-39-35-41(42-27-31-51-55(36-42)61-56(57-51)40-17-7-2-8-18-40)28-32-52(39)60-53-33-29-47(58(43-19-9-3-10-20-43)44-21-11-4-12-22-44)37-49(53)50-38-48(30-34-54(50)60)59(45-23-13-5-14-24-45)46-25-15-6-16-26-46/h2-38H,1H3. The highest BCUT2D eigenvalue weighted by Crippen LogP contribution is 2.43. The predicted octanol–water partition coefficient (Wildman–Crippen LogP) is 15.5. The highest BCUT2D eigenvalue weighted by atomic mass is 16.3. The molecule has 0 bridgehead atoms. The number of anilines is 6. The SMILES string of the molecule is Cc1cc(-c2ccc3nc(-c4ccccc4)oc3c2)ccc1-n1c2ccc(N(c3ccccc3)c3ccccc3)cc2c2cc(N(c3ccccc3)c3ccccc3)ccc21. The molecule has 0 amide bonds. The molecule has 0 N–H and O–H groups in total. The second kappa shape index (κ2) is 15.2. The minimum atomic E-state index is 0.628. The lowest BCUT2D eigenvalue weighted by Crippen LogP contribution is -2.09. The molecule has 0 spiro atoms. The molecular formula is C56H40N4O. The Balaban J connectivity index is 1.08. The summed E-state index contributed by atoms with van der Waals surface area (Å²) in [4.78, 5) is 9.44. The molecule has 0 atom stereocenters. The van der Waals surface area contributed by atoms with Crippen molar-refractivity contribution in [3.63, 3.8) is 0 Å². The van der Waals surface area contributed by atoms with Gasteiger partial charge in [-0.25, -0.2) is 4.98 Å². The third kappa shape index (κ3) is 6.59. The van der Waals surface area contributed by atoms with Crippen molar-refractivity contribution < 1.29 is 4.42 Å². The molecule has 9 aromatic carbocycles. The molecule has 0 fully saturated rings. The molecule has 0 saturated carbocycles. The monoisotopic (exact) mass is 784 g/mol. The summed E-state index contributed by atoms with van der Waals surface area (Å²) in [7, 11) is 0. The van der Waals surface area contributed by atoms with Gasteiger partial charge >= 0.3 is 0 Å². The van der Waals surface area contributed by atoms with E-state index in [2.05, 4.69) is 209 Å². The highest BCUT2D eigenvalue weighted by Gasteiger charge is 2.21. The minimum absolute atomic E-state index is 0.628. The fourth-order valence-corrected chi connectivity index (χ4v) is 8.63. The Kier molecular flexibility index (Phi) is 8.98. The van der Waals surface area contributed by atoms with Crippen molar-refractivity contribution in [3.05, 3.63) is 230 Å². The van der Waals surface area contributed by atoms with Gasteiger partial charge in [0.25, 0.3) is 0 Å². The first-order valence-corrected chi connectivity index (χ1v) is 20.6. The van der Waals surface area contributed by atoms with E-state index in [1.165, 1.54) is 10.8 Å². The van der Waals surface area contributed by atoms with Crippen LogP contribution in [0.1, 0.15) is 5.56 Å². The van der Waals surface area contributed by atoms with Crippen molar-refractivity contribution in [1.29, 1.82) is 0 Å². The zero-order chi connectivity index (χ0) is 40.7. The van der Waals surface area contributed by atoms with Crippen molar-refractivity contribution in [3.8, 4) is 28.3 Å². The van der Waals surface area contributed by atoms with Gasteiger partial charge in [0.2, 0.25) is 5.89 Å². The molecule has 2 heterocycles. The van der Waals surface area contributed by atoms with Gasteiger partial charge in [0.05, 0.1) is 11.0 Å². The summed E-state index contributed by atoms with van der Waals surface area (Å²) in [6, 6.07) is 79.3. The average Bonchev–Trinajstić information content (AvgIpc) is 3.90. The number of benzene rings is 9. The summed E-state index contributed by atoms with van der Waals surface area (Å²) >= 11 is 0. The largest absolute Gasteiger partial charge is 0.436 e. The van der Waals surface area contributed by atoms with Gasteiger partial charge in [-0.15, -0.1) is 0 Å². The lowest BCUT2D eigenvalue weighted by atomic mass is 10.0. The maximum Gasteiger partial charge on any atom is 0.227 e. The van der Waals surface area contributed by atoms with Crippen LogP contribution in [0, 0.1) is 6.92 Å². The molecule has 0 aliphatic heterocycles. The molecule has 0 aliphatic carbocycles. The molecule has 0 aliphatic rings. The topological polar surface area (TPSA) is 37.4 Å². The van der Waals surface area contributed by atoms with Gasteiger partial charge in [-0.1, -0.05) is 103 Å². The summed E-state index contributed by atoms with van der Waals surface area (Å²) in [6.07, 6.45) is 0. The number of hydrogen-bond donors (Lipinski definition) is 0. The molecule has 11 rings (SSSR count). The Labute approximate surface area is 354 Å². The van der Waals surface area contributed by atoms with Crippen LogP contribution in [0.3, 0.4) is 0 Å². The van der Waals surface area contributed by atoms with Gasteiger partial charge in [0.1, 0.15) is 5.52 Å². The van der Waals surface area contributed by atoms with E-state index in [-0.39, 0.29) is 0 Å². The lowest BCUT2D eigenvalue weighted by Gasteiger charge is -2.26. The number of nitrogens with zero attached hydrogens (tertiary/aromatic N) is 4. The fourth-order valence-electron chi connectivity index (χ4n) is 8.63.